The minimum Gasteiger partial charge on any atom is -0.508 e. The molecule has 0 aliphatic rings. The standard InChI is InChI=1S/C15H10O7.C8H11NO2/c16-6-1-2-8(9(18)3-6)15-14(21)13(20)12-10(19)4-7(17)5-11(12)22-15;9-5-8(11)6-1-3-7(10)4-2-6/h1-5,16-19,21H;1-4,8,10-11H,5,9H2. The van der Waals surface area contributed by atoms with E-state index in [2.05, 4.69) is 0 Å². The Morgan fingerprint density at radius 3 is 2.00 bits per heavy atom. The Morgan fingerprint density at radius 1 is 0.788 bits per heavy atom. The zero-order valence-electron chi connectivity index (χ0n) is 17.0. The van der Waals surface area contributed by atoms with Gasteiger partial charge in [-0.2, -0.15) is 0 Å². The van der Waals surface area contributed by atoms with Crippen LogP contribution in [0.3, 0.4) is 0 Å². The molecular weight excluding hydrogens is 434 g/mol. The molecule has 33 heavy (non-hydrogen) atoms. The summed E-state index contributed by atoms with van der Waals surface area (Å²) in [5.41, 5.74) is 4.85. The minimum absolute atomic E-state index is 0.0304. The molecule has 0 saturated heterocycles. The summed E-state index contributed by atoms with van der Waals surface area (Å²) in [4.78, 5) is 12.2. The molecule has 1 aromatic heterocycles. The summed E-state index contributed by atoms with van der Waals surface area (Å²) in [6.45, 7) is 0.199. The van der Waals surface area contributed by atoms with Gasteiger partial charge in [0, 0.05) is 24.7 Å². The van der Waals surface area contributed by atoms with Crippen molar-refractivity contribution in [1.29, 1.82) is 0 Å². The van der Waals surface area contributed by atoms with E-state index < -0.39 is 28.8 Å². The SMILES string of the molecule is NCC(O)c1ccc(O)cc1.O=c1c(O)c(-c2ccc(O)cc2O)oc2cc(O)cc(O)c12. The average Bonchev–Trinajstić information content (AvgIpc) is 2.76. The first-order valence-electron chi connectivity index (χ1n) is 9.53. The lowest BCUT2D eigenvalue weighted by molar-refractivity contribution is 0.186. The van der Waals surface area contributed by atoms with Crippen LogP contribution in [0.1, 0.15) is 11.7 Å². The van der Waals surface area contributed by atoms with Crippen molar-refractivity contribution in [2.75, 3.05) is 6.54 Å². The third-order valence-corrected chi connectivity index (χ3v) is 4.66. The van der Waals surface area contributed by atoms with Gasteiger partial charge in [-0.15, -0.1) is 0 Å². The highest BCUT2D eigenvalue weighted by Gasteiger charge is 2.20. The van der Waals surface area contributed by atoms with Crippen LogP contribution in [-0.4, -0.2) is 42.3 Å². The Hall–Kier alpha value is -4.41. The number of phenols is 5. The van der Waals surface area contributed by atoms with E-state index in [1.54, 1.807) is 12.1 Å². The molecule has 0 spiro atoms. The summed E-state index contributed by atoms with van der Waals surface area (Å²) < 4.78 is 5.33. The number of benzene rings is 3. The van der Waals surface area contributed by atoms with Crippen LogP contribution in [0.4, 0.5) is 0 Å². The highest BCUT2D eigenvalue weighted by atomic mass is 16.4. The van der Waals surface area contributed by atoms with Gasteiger partial charge in [0.05, 0.1) is 11.7 Å². The van der Waals surface area contributed by atoms with Gasteiger partial charge in [-0.05, 0) is 29.8 Å². The number of aliphatic hydroxyl groups is 1. The monoisotopic (exact) mass is 455 g/mol. The first-order chi connectivity index (χ1) is 15.6. The second-order valence-corrected chi connectivity index (χ2v) is 6.99. The Balaban J connectivity index is 0.000000235. The van der Waals surface area contributed by atoms with Crippen LogP contribution in [0.25, 0.3) is 22.3 Å². The predicted molar refractivity (Wildman–Crippen MR) is 118 cm³/mol. The van der Waals surface area contributed by atoms with Crippen LogP contribution < -0.4 is 11.2 Å². The Bertz CT molecular complexity index is 1350. The van der Waals surface area contributed by atoms with Crippen molar-refractivity contribution in [2.24, 2.45) is 5.73 Å². The highest BCUT2D eigenvalue weighted by Crippen LogP contribution is 2.39. The zero-order chi connectivity index (χ0) is 24.3. The molecule has 3 aromatic carbocycles. The van der Waals surface area contributed by atoms with Gasteiger partial charge >= 0.3 is 0 Å². The molecule has 9 N–H and O–H groups in total. The van der Waals surface area contributed by atoms with E-state index in [1.807, 2.05) is 0 Å². The molecule has 0 fully saturated rings. The largest absolute Gasteiger partial charge is 0.508 e. The van der Waals surface area contributed by atoms with Crippen molar-refractivity contribution in [2.45, 2.75) is 6.10 Å². The molecule has 0 bridgehead atoms. The molecule has 0 amide bonds. The quantitative estimate of drug-likeness (QED) is 0.227. The van der Waals surface area contributed by atoms with Gasteiger partial charge in [0.15, 0.2) is 5.76 Å². The van der Waals surface area contributed by atoms with Gasteiger partial charge in [0.25, 0.3) is 0 Å². The van der Waals surface area contributed by atoms with Crippen molar-refractivity contribution >= 4 is 11.0 Å². The summed E-state index contributed by atoms with van der Waals surface area (Å²) in [6, 6.07) is 11.9. The van der Waals surface area contributed by atoms with Crippen molar-refractivity contribution in [1.82, 2.24) is 0 Å². The summed E-state index contributed by atoms with van der Waals surface area (Å²) >= 11 is 0. The predicted octanol–water partition coefficient (Wildman–Crippen LogP) is 2.37. The number of hydrogen-bond donors (Lipinski definition) is 8. The average molecular weight is 455 g/mol. The maximum atomic E-state index is 12.2. The first-order valence-corrected chi connectivity index (χ1v) is 9.53. The molecule has 10 heteroatoms. The normalized spacial score (nSPS) is 11.6. The lowest BCUT2D eigenvalue weighted by Gasteiger charge is -2.09. The van der Waals surface area contributed by atoms with Crippen LogP contribution in [0.2, 0.25) is 0 Å². The van der Waals surface area contributed by atoms with Crippen molar-refractivity contribution in [3.8, 4) is 45.8 Å². The number of hydrogen-bond acceptors (Lipinski definition) is 10. The molecule has 172 valence electrons. The number of aromatic hydroxyl groups is 6. The molecule has 0 saturated carbocycles. The Labute approximate surface area is 186 Å². The molecule has 4 rings (SSSR count). The number of rotatable bonds is 3. The summed E-state index contributed by atoms with van der Waals surface area (Å²) in [6.07, 6.45) is -0.629. The van der Waals surface area contributed by atoms with Crippen LogP contribution in [0.5, 0.6) is 34.5 Å². The Kier molecular flexibility index (Phi) is 6.61. The molecule has 1 atom stereocenters. The van der Waals surface area contributed by atoms with Crippen LogP contribution in [0, 0.1) is 0 Å². The van der Waals surface area contributed by atoms with Gasteiger partial charge in [0.1, 0.15) is 39.7 Å². The fourth-order valence-electron chi connectivity index (χ4n) is 3.00. The third-order valence-electron chi connectivity index (χ3n) is 4.66. The lowest BCUT2D eigenvalue weighted by atomic mass is 10.1. The molecule has 0 aliphatic heterocycles. The van der Waals surface area contributed by atoms with Gasteiger partial charge in [-0.25, -0.2) is 0 Å². The van der Waals surface area contributed by atoms with Crippen molar-refractivity contribution < 1.29 is 40.2 Å². The van der Waals surface area contributed by atoms with Crippen LogP contribution in [-0.2, 0) is 0 Å². The van der Waals surface area contributed by atoms with Gasteiger partial charge in [-0.1, -0.05) is 12.1 Å². The smallest absolute Gasteiger partial charge is 0.238 e. The van der Waals surface area contributed by atoms with Crippen molar-refractivity contribution in [3.63, 3.8) is 0 Å². The van der Waals surface area contributed by atoms with E-state index >= 15 is 0 Å². The molecule has 4 aromatic rings. The molecule has 10 nitrogen and oxygen atoms in total. The molecule has 0 radical (unpaired) electrons. The lowest BCUT2D eigenvalue weighted by Crippen LogP contribution is -2.10. The zero-order valence-corrected chi connectivity index (χ0v) is 17.0. The Morgan fingerprint density at radius 2 is 1.39 bits per heavy atom. The third kappa shape index (κ3) is 4.92. The maximum Gasteiger partial charge on any atom is 0.238 e. The highest BCUT2D eigenvalue weighted by molar-refractivity contribution is 5.88. The number of aliphatic hydroxyl groups excluding tert-OH is 1. The fraction of sp³-hybridized carbons (Fsp3) is 0.0870. The number of fused-ring (bicyclic) bond motifs is 1. The van der Waals surface area contributed by atoms with Crippen molar-refractivity contribution in [3.05, 3.63) is 70.4 Å². The topological polar surface area (TPSA) is 198 Å². The molecule has 1 heterocycles. The summed E-state index contributed by atoms with van der Waals surface area (Å²) in [7, 11) is 0. The van der Waals surface area contributed by atoms with E-state index in [0.29, 0.717) is 0 Å². The molecular formula is C23H21NO9. The van der Waals surface area contributed by atoms with E-state index in [-0.39, 0.29) is 46.1 Å². The number of nitrogens with two attached hydrogens (primary N) is 1. The summed E-state index contributed by atoms with van der Waals surface area (Å²) in [5.74, 6) is -2.46. The van der Waals surface area contributed by atoms with Crippen LogP contribution in [0.15, 0.2) is 63.8 Å². The van der Waals surface area contributed by atoms with Gasteiger partial charge in [-0.3, -0.25) is 4.79 Å². The van der Waals surface area contributed by atoms with Gasteiger partial charge < -0.3 is 45.9 Å². The minimum atomic E-state index is -0.916. The first kappa shape index (κ1) is 23.3. The van der Waals surface area contributed by atoms with E-state index in [0.717, 1.165) is 23.8 Å². The number of phenolic OH excluding ortho intramolecular Hbond substituents is 5. The molecule has 1 unspecified atom stereocenters. The fourth-order valence-corrected chi connectivity index (χ4v) is 3.00. The maximum absolute atomic E-state index is 12.2. The summed E-state index contributed by atoms with van der Waals surface area (Å²) in [5, 5.41) is 66.0. The van der Waals surface area contributed by atoms with E-state index in [4.69, 9.17) is 15.3 Å². The van der Waals surface area contributed by atoms with Gasteiger partial charge in [0.2, 0.25) is 11.2 Å². The second kappa shape index (κ2) is 9.39. The van der Waals surface area contributed by atoms with E-state index in [1.165, 1.54) is 24.3 Å². The van der Waals surface area contributed by atoms with Crippen LogP contribution >= 0.6 is 0 Å². The van der Waals surface area contributed by atoms with E-state index in [9.17, 15) is 35.4 Å². The second-order valence-electron chi connectivity index (χ2n) is 6.99. The molecule has 0 aliphatic carbocycles.